The number of carbonyl (C=O) groups is 2. The van der Waals surface area contributed by atoms with E-state index in [1.807, 2.05) is 31.2 Å². The van der Waals surface area contributed by atoms with Crippen LogP contribution in [0.4, 0.5) is 0 Å². The molecule has 2 aromatic carbocycles. The van der Waals surface area contributed by atoms with Gasteiger partial charge in [-0.3, -0.25) is 4.79 Å². The third kappa shape index (κ3) is 4.61. The molecule has 0 radical (unpaired) electrons. The molecule has 6 heteroatoms. The Morgan fingerprint density at radius 1 is 1.04 bits per heavy atom. The van der Waals surface area contributed by atoms with Gasteiger partial charge >= 0.3 is 5.97 Å². The average molecular weight is 357 g/mol. The molecule has 138 valence electrons. The number of benzene rings is 2. The summed E-state index contributed by atoms with van der Waals surface area (Å²) in [6, 6.07) is 11.6. The number of amides is 1. The van der Waals surface area contributed by atoms with E-state index in [1.54, 1.807) is 27.2 Å². The maximum atomic E-state index is 12.6. The predicted octanol–water partition coefficient (Wildman–Crippen LogP) is 3.21. The molecule has 0 bridgehead atoms. The molecule has 0 saturated heterocycles. The van der Waals surface area contributed by atoms with Crippen molar-refractivity contribution in [1.29, 1.82) is 0 Å². The highest BCUT2D eigenvalue weighted by Gasteiger charge is 2.22. The summed E-state index contributed by atoms with van der Waals surface area (Å²) in [5, 5.41) is 12.0. The zero-order valence-corrected chi connectivity index (χ0v) is 15.3. The fourth-order valence-electron chi connectivity index (χ4n) is 2.83. The van der Waals surface area contributed by atoms with Crippen LogP contribution in [0.3, 0.4) is 0 Å². The Hall–Kier alpha value is -2.86. The van der Waals surface area contributed by atoms with Gasteiger partial charge in [0.15, 0.2) is 0 Å². The monoisotopic (exact) mass is 357 g/mol. The summed E-state index contributed by atoms with van der Waals surface area (Å²) in [5.74, 6) is -0.677. The minimum atomic E-state index is -1.07. The molecule has 0 saturated carbocycles. The van der Waals surface area contributed by atoms with E-state index < -0.39 is 5.97 Å². The van der Waals surface area contributed by atoms with Crippen LogP contribution < -0.4 is 10.1 Å². The molecule has 0 aliphatic rings. The summed E-state index contributed by atoms with van der Waals surface area (Å²) in [4.78, 5) is 23.7. The SMILES string of the molecule is COc1ccc(C(OC)C(C)NC(=O)c2cc(C)cc(C(=O)O)c2)cc1. The molecule has 2 atom stereocenters. The summed E-state index contributed by atoms with van der Waals surface area (Å²) >= 11 is 0. The Labute approximate surface area is 152 Å². The van der Waals surface area contributed by atoms with E-state index in [2.05, 4.69) is 5.32 Å². The lowest BCUT2D eigenvalue weighted by molar-refractivity contribution is 0.0644. The highest BCUT2D eigenvalue weighted by Crippen LogP contribution is 2.23. The fraction of sp³-hybridized carbons (Fsp3) is 0.300. The second-order valence-corrected chi connectivity index (χ2v) is 6.08. The molecular formula is C20H23NO5. The zero-order chi connectivity index (χ0) is 19.3. The summed E-state index contributed by atoms with van der Waals surface area (Å²) in [6.07, 6.45) is -0.353. The predicted molar refractivity (Wildman–Crippen MR) is 97.8 cm³/mol. The van der Waals surface area contributed by atoms with Crippen LogP contribution in [-0.4, -0.2) is 37.2 Å². The lowest BCUT2D eigenvalue weighted by Gasteiger charge is -2.24. The molecule has 2 N–H and O–H groups in total. The number of rotatable bonds is 7. The van der Waals surface area contributed by atoms with Crippen LogP contribution >= 0.6 is 0 Å². The Morgan fingerprint density at radius 2 is 1.65 bits per heavy atom. The van der Waals surface area contributed by atoms with E-state index in [-0.39, 0.29) is 23.6 Å². The van der Waals surface area contributed by atoms with Crippen LogP contribution in [0, 0.1) is 6.92 Å². The Balaban J connectivity index is 2.17. The van der Waals surface area contributed by atoms with Gasteiger partial charge in [-0.2, -0.15) is 0 Å². The minimum Gasteiger partial charge on any atom is -0.497 e. The van der Waals surface area contributed by atoms with Crippen molar-refractivity contribution in [3.63, 3.8) is 0 Å². The van der Waals surface area contributed by atoms with E-state index in [4.69, 9.17) is 14.6 Å². The summed E-state index contributed by atoms with van der Waals surface area (Å²) < 4.78 is 10.7. The first-order valence-corrected chi connectivity index (χ1v) is 8.18. The number of aryl methyl sites for hydroxylation is 1. The largest absolute Gasteiger partial charge is 0.497 e. The number of hydrogen-bond donors (Lipinski definition) is 2. The molecular weight excluding hydrogens is 334 g/mol. The number of carboxylic acids is 1. The van der Waals surface area contributed by atoms with Crippen LogP contribution in [0.1, 0.15) is 44.9 Å². The van der Waals surface area contributed by atoms with Gasteiger partial charge in [0.2, 0.25) is 0 Å². The van der Waals surface area contributed by atoms with Gasteiger partial charge in [0.05, 0.1) is 18.7 Å². The molecule has 26 heavy (non-hydrogen) atoms. The van der Waals surface area contributed by atoms with Crippen LogP contribution in [0.25, 0.3) is 0 Å². The number of methoxy groups -OCH3 is 2. The zero-order valence-electron chi connectivity index (χ0n) is 15.3. The first kappa shape index (κ1) is 19.5. The van der Waals surface area contributed by atoms with Crippen LogP contribution in [0.5, 0.6) is 5.75 Å². The Kier molecular flexibility index (Phi) is 6.36. The normalized spacial score (nSPS) is 12.9. The summed E-state index contributed by atoms with van der Waals surface area (Å²) in [5.41, 5.74) is 2.00. The van der Waals surface area contributed by atoms with Gasteiger partial charge in [0.1, 0.15) is 11.9 Å². The van der Waals surface area contributed by atoms with Crippen molar-refractivity contribution >= 4 is 11.9 Å². The van der Waals surface area contributed by atoms with E-state index in [0.29, 0.717) is 11.1 Å². The van der Waals surface area contributed by atoms with Gasteiger partial charge in [0, 0.05) is 12.7 Å². The Bertz CT molecular complexity index is 785. The third-order valence-corrected chi connectivity index (χ3v) is 4.10. The number of hydrogen-bond acceptors (Lipinski definition) is 4. The van der Waals surface area contributed by atoms with Gasteiger partial charge in [0.25, 0.3) is 5.91 Å². The second-order valence-electron chi connectivity index (χ2n) is 6.08. The molecule has 0 heterocycles. The summed E-state index contributed by atoms with van der Waals surface area (Å²) in [6.45, 7) is 3.59. The Morgan fingerprint density at radius 3 is 2.19 bits per heavy atom. The highest BCUT2D eigenvalue weighted by atomic mass is 16.5. The highest BCUT2D eigenvalue weighted by molar-refractivity contribution is 5.98. The molecule has 0 spiro atoms. The number of carboxylic acid groups (broad SMARTS) is 1. The smallest absolute Gasteiger partial charge is 0.335 e. The van der Waals surface area contributed by atoms with Crippen molar-refractivity contribution in [2.45, 2.75) is 26.0 Å². The van der Waals surface area contributed by atoms with Gasteiger partial charge in [-0.15, -0.1) is 0 Å². The van der Waals surface area contributed by atoms with Crippen molar-refractivity contribution in [3.05, 3.63) is 64.7 Å². The molecule has 0 aliphatic carbocycles. The summed E-state index contributed by atoms with van der Waals surface area (Å²) in [7, 11) is 3.17. The van der Waals surface area contributed by atoms with Crippen molar-refractivity contribution in [1.82, 2.24) is 5.32 Å². The molecule has 2 aromatic rings. The molecule has 0 fully saturated rings. The first-order chi connectivity index (χ1) is 12.3. The van der Waals surface area contributed by atoms with Crippen LogP contribution in [-0.2, 0) is 4.74 Å². The lowest BCUT2D eigenvalue weighted by Crippen LogP contribution is -2.37. The minimum absolute atomic E-state index is 0.0845. The maximum absolute atomic E-state index is 12.6. The molecule has 6 nitrogen and oxygen atoms in total. The molecule has 0 aromatic heterocycles. The van der Waals surface area contributed by atoms with Crippen LogP contribution in [0.2, 0.25) is 0 Å². The number of ether oxygens (including phenoxy) is 2. The average Bonchev–Trinajstić information content (AvgIpc) is 2.62. The van der Waals surface area contributed by atoms with Crippen molar-refractivity contribution in [3.8, 4) is 5.75 Å². The standard InChI is InChI=1S/C20H23NO5/c1-12-9-15(11-16(10-12)20(23)24)19(22)21-13(2)18(26-4)14-5-7-17(25-3)8-6-14/h5-11,13,18H,1-4H3,(H,21,22)(H,23,24). The van der Waals surface area contributed by atoms with Gasteiger partial charge in [-0.1, -0.05) is 12.1 Å². The van der Waals surface area contributed by atoms with Gasteiger partial charge in [-0.25, -0.2) is 4.79 Å². The quantitative estimate of drug-likeness (QED) is 0.795. The van der Waals surface area contributed by atoms with Crippen molar-refractivity contribution < 1.29 is 24.2 Å². The topological polar surface area (TPSA) is 84.9 Å². The van der Waals surface area contributed by atoms with Gasteiger partial charge in [-0.05, 0) is 55.3 Å². The number of aromatic carboxylic acids is 1. The first-order valence-electron chi connectivity index (χ1n) is 8.18. The molecule has 0 aliphatic heterocycles. The van der Waals surface area contributed by atoms with E-state index in [0.717, 1.165) is 11.3 Å². The van der Waals surface area contributed by atoms with Gasteiger partial charge < -0.3 is 19.9 Å². The third-order valence-electron chi connectivity index (χ3n) is 4.10. The lowest BCUT2D eigenvalue weighted by atomic mass is 10.0. The second kappa shape index (κ2) is 8.49. The van der Waals surface area contributed by atoms with Crippen molar-refractivity contribution in [2.75, 3.05) is 14.2 Å². The fourth-order valence-corrected chi connectivity index (χ4v) is 2.83. The molecule has 2 rings (SSSR count). The van der Waals surface area contributed by atoms with E-state index >= 15 is 0 Å². The number of nitrogens with one attached hydrogen (secondary N) is 1. The van der Waals surface area contributed by atoms with Crippen LogP contribution in [0.15, 0.2) is 42.5 Å². The number of carbonyl (C=O) groups excluding carboxylic acids is 1. The maximum Gasteiger partial charge on any atom is 0.335 e. The van der Waals surface area contributed by atoms with E-state index in [9.17, 15) is 9.59 Å². The molecule has 1 amide bonds. The van der Waals surface area contributed by atoms with Crippen molar-refractivity contribution in [2.24, 2.45) is 0 Å². The molecule has 2 unspecified atom stereocenters. The van der Waals surface area contributed by atoms with E-state index in [1.165, 1.54) is 12.1 Å².